The minimum Gasteiger partial charge on any atom is -0.410 e. The smallest absolute Gasteiger partial charge is 0.410 e. The monoisotopic (exact) mass is 338 g/mol. The van der Waals surface area contributed by atoms with Crippen molar-refractivity contribution in [3.63, 3.8) is 0 Å². The Kier molecular flexibility index (Phi) is 5.67. The molecule has 1 saturated heterocycles. The SMILES string of the molecule is O=C(NCC1CC(=O)N(CCc2ccccc2)C1)Oc1ccccc1. The number of carbonyl (C=O) groups is 2. The molecule has 2 aromatic carbocycles. The summed E-state index contributed by atoms with van der Waals surface area (Å²) in [5.74, 6) is 0.790. The Morgan fingerprint density at radius 1 is 1.08 bits per heavy atom. The van der Waals surface area contributed by atoms with E-state index in [0.29, 0.717) is 31.8 Å². The predicted octanol–water partition coefficient (Wildman–Crippen LogP) is 2.87. The third-order valence-corrected chi connectivity index (χ3v) is 4.30. The minimum atomic E-state index is -0.485. The number of amides is 2. The summed E-state index contributed by atoms with van der Waals surface area (Å²) in [6, 6.07) is 19.1. The largest absolute Gasteiger partial charge is 0.412 e. The van der Waals surface area contributed by atoms with Crippen molar-refractivity contribution in [2.45, 2.75) is 12.8 Å². The Bertz CT molecular complexity index is 703. The normalized spacial score (nSPS) is 16.7. The van der Waals surface area contributed by atoms with Gasteiger partial charge < -0.3 is 15.0 Å². The highest BCUT2D eigenvalue weighted by Gasteiger charge is 2.29. The highest BCUT2D eigenvalue weighted by molar-refractivity contribution is 5.79. The number of benzene rings is 2. The molecule has 0 aliphatic carbocycles. The van der Waals surface area contributed by atoms with Crippen LogP contribution < -0.4 is 10.1 Å². The molecule has 0 radical (unpaired) electrons. The Balaban J connectivity index is 1.41. The van der Waals surface area contributed by atoms with Crippen molar-refractivity contribution < 1.29 is 14.3 Å². The highest BCUT2D eigenvalue weighted by Crippen LogP contribution is 2.18. The molecule has 1 atom stereocenters. The molecule has 0 spiro atoms. The lowest BCUT2D eigenvalue weighted by atomic mass is 10.1. The van der Waals surface area contributed by atoms with E-state index in [2.05, 4.69) is 17.4 Å². The molecule has 5 heteroatoms. The van der Waals surface area contributed by atoms with Crippen LogP contribution in [0.4, 0.5) is 4.79 Å². The van der Waals surface area contributed by atoms with E-state index in [4.69, 9.17) is 4.74 Å². The van der Waals surface area contributed by atoms with Crippen LogP contribution in [0.2, 0.25) is 0 Å². The van der Waals surface area contributed by atoms with Crippen LogP contribution in [0.3, 0.4) is 0 Å². The number of rotatable bonds is 6. The van der Waals surface area contributed by atoms with Crippen molar-refractivity contribution in [1.29, 1.82) is 0 Å². The maximum absolute atomic E-state index is 12.1. The van der Waals surface area contributed by atoms with Crippen LogP contribution in [0.1, 0.15) is 12.0 Å². The zero-order chi connectivity index (χ0) is 17.5. The van der Waals surface area contributed by atoms with Gasteiger partial charge in [0, 0.05) is 32.0 Å². The second-order valence-corrected chi connectivity index (χ2v) is 6.23. The van der Waals surface area contributed by atoms with Crippen LogP contribution in [0.15, 0.2) is 60.7 Å². The fraction of sp³-hybridized carbons (Fsp3) is 0.300. The maximum Gasteiger partial charge on any atom is 0.412 e. The summed E-state index contributed by atoms with van der Waals surface area (Å²) in [6.07, 6.45) is 0.838. The van der Waals surface area contributed by atoms with Gasteiger partial charge in [0.2, 0.25) is 5.91 Å². The van der Waals surface area contributed by atoms with Gasteiger partial charge in [-0.05, 0) is 24.1 Å². The number of ether oxygens (including phenoxy) is 1. The summed E-state index contributed by atoms with van der Waals surface area (Å²) in [5, 5.41) is 2.75. The summed E-state index contributed by atoms with van der Waals surface area (Å²) >= 11 is 0. The molecule has 2 aromatic rings. The molecule has 130 valence electrons. The van der Waals surface area contributed by atoms with E-state index < -0.39 is 6.09 Å². The molecule has 1 fully saturated rings. The van der Waals surface area contributed by atoms with Crippen LogP contribution in [0.25, 0.3) is 0 Å². The van der Waals surface area contributed by atoms with Crippen LogP contribution in [-0.4, -0.2) is 36.5 Å². The summed E-state index contributed by atoms with van der Waals surface area (Å²) in [7, 11) is 0. The minimum absolute atomic E-state index is 0.131. The molecule has 5 nitrogen and oxygen atoms in total. The van der Waals surface area contributed by atoms with Crippen molar-refractivity contribution in [3.05, 3.63) is 66.2 Å². The molecule has 1 aliphatic rings. The van der Waals surface area contributed by atoms with Gasteiger partial charge >= 0.3 is 6.09 Å². The molecule has 0 saturated carbocycles. The second-order valence-electron chi connectivity index (χ2n) is 6.23. The summed E-state index contributed by atoms with van der Waals surface area (Å²) in [4.78, 5) is 25.8. The van der Waals surface area contributed by atoms with Crippen LogP contribution >= 0.6 is 0 Å². The first-order valence-electron chi connectivity index (χ1n) is 8.53. The van der Waals surface area contributed by atoms with E-state index in [9.17, 15) is 9.59 Å². The standard InChI is InChI=1S/C20H22N2O3/c23-19-13-17(14-21-20(24)25-18-9-5-2-6-10-18)15-22(19)12-11-16-7-3-1-4-8-16/h1-10,17H,11-15H2,(H,21,24). The van der Waals surface area contributed by atoms with Gasteiger partial charge in [0.05, 0.1) is 0 Å². The Morgan fingerprint density at radius 3 is 2.48 bits per heavy atom. The highest BCUT2D eigenvalue weighted by atomic mass is 16.6. The van der Waals surface area contributed by atoms with Gasteiger partial charge in [0.15, 0.2) is 0 Å². The number of carbonyl (C=O) groups excluding carboxylic acids is 2. The molecule has 1 N–H and O–H groups in total. The number of likely N-dealkylation sites (tertiary alicyclic amines) is 1. The van der Waals surface area contributed by atoms with Gasteiger partial charge in [-0.1, -0.05) is 48.5 Å². The first-order chi connectivity index (χ1) is 12.2. The van der Waals surface area contributed by atoms with Crippen LogP contribution in [-0.2, 0) is 11.2 Å². The number of nitrogens with zero attached hydrogens (tertiary/aromatic N) is 1. The van der Waals surface area contributed by atoms with Gasteiger partial charge in [0.1, 0.15) is 5.75 Å². The average Bonchev–Trinajstić information content (AvgIpc) is 3.00. The zero-order valence-electron chi connectivity index (χ0n) is 14.1. The molecular weight excluding hydrogens is 316 g/mol. The number of hydrogen-bond donors (Lipinski definition) is 1. The summed E-state index contributed by atoms with van der Waals surface area (Å²) in [6.45, 7) is 1.84. The van der Waals surface area contributed by atoms with Crippen molar-refractivity contribution in [2.24, 2.45) is 5.92 Å². The number of hydrogen-bond acceptors (Lipinski definition) is 3. The Morgan fingerprint density at radius 2 is 1.76 bits per heavy atom. The van der Waals surface area contributed by atoms with Gasteiger partial charge in [-0.15, -0.1) is 0 Å². The van der Waals surface area contributed by atoms with Crippen molar-refractivity contribution in [2.75, 3.05) is 19.6 Å². The van der Waals surface area contributed by atoms with E-state index in [1.54, 1.807) is 12.1 Å². The van der Waals surface area contributed by atoms with E-state index >= 15 is 0 Å². The lowest BCUT2D eigenvalue weighted by molar-refractivity contribution is -0.127. The van der Waals surface area contributed by atoms with E-state index in [0.717, 1.165) is 6.42 Å². The van der Waals surface area contributed by atoms with Crippen LogP contribution in [0.5, 0.6) is 5.75 Å². The van der Waals surface area contributed by atoms with Crippen LogP contribution in [0, 0.1) is 5.92 Å². The molecular formula is C20H22N2O3. The molecule has 3 rings (SSSR count). The predicted molar refractivity (Wildman–Crippen MR) is 95.3 cm³/mol. The third kappa shape index (κ3) is 5.08. The number of para-hydroxylation sites is 1. The molecule has 0 bridgehead atoms. The average molecular weight is 338 g/mol. The first kappa shape index (κ1) is 17.0. The molecule has 1 aliphatic heterocycles. The fourth-order valence-electron chi connectivity index (χ4n) is 2.97. The summed E-state index contributed by atoms with van der Waals surface area (Å²) < 4.78 is 5.18. The molecule has 25 heavy (non-hydrogen) atoms. The van der Waals surface area contributed by atoms with Gasteiger partial charge in [-0.2, -0.15) is 0 Å². The topological polar surface area (TPSA) is 58.6 Å². The summed E-state index contributed by atoms with van der Waals surface area (Å²) in [5.41, 5.74) is 1.23. The Hall–Kier alpha value is -2.82. The van der Waals surface area contributed by atoms with Crippen molar-refractivity contribution in [3.8, 4) is 5.75 Å². The van der Waals surface area contributed by atoms with E-state index in [-0.39, 0.29) is 11.8 Å². The lowest BCUT2D eigenvalue weighted by Gasteiger charge is -2.17. The van der Waals surface area contributed by atoms with Crippen molar-refractivity contribution >= 4 is 12.0 Å². The van der Waals surface area contributed by atoms with E-state index in [1.165, 1.54) is 5.56 Å². The first-order valence-corrected chi connectivity index (χ1v) is 8.53. The fourth-order valence-corrected chi connectivity index (χ4v) is 2.97. The molecule has 1 heterocycles. The quantitative estimate of drug-likeness (QED) is 0.881. The Labute approximate surface area is 147 Å². The van der Waals surface area contributed by atoms with Gasteiger partial charge in [-0.3, -0.25) is 4.79 Å². The third-order valence-electron chi connectivity index (χ3n) is 4.30. The lowest BCUT2D eigenvalue weighted by Crippen LogP contribution is -2.33. The molecule has 1 unspecified atom stereocenters. The van der Waals surface area contributed by atoms with Crippen molar-refractivity contribution in [1.82, 2.24) is 10.2 Å². The second kappa shape index (κ2) is 8.33. The zero-order valence-corrected chi connectivity index (χ0v) is 14.1. The molecule has 2 amide bonds. The maximum atomic E-state index is 12.1. The van der Waals surface area contributed by atoms with E-state index in [1.807, 2.05) is 41.3 Å². The molecule has 0 aromatic heterocycles. The van der Waals surface area contributed by atoms with Gasteiger partial charge in [0.25, 0.3) is 0 Å². The number of nitrogens with one attached hydrogen (secondary N) is 1. The van der Waals surface area contributed by atoms with Gasteiger partial charge in [-0.25, -0.2) is 4.79 Å².